The van der Waals surface area contributed by atoms with Gasteiger partial charge in [-0.05, 0) is 84.1 Å². The zero-order valence-electron chi connectivity index (χ0n) is 24.4. The molecule has 0 saturated carbocycles. The fourth-order valence-corrected chi connectivity index (χ4v) is 5.07. The summed E-state index contributed by atoms with van der Waals surface area (Å²) in [4.78, 5) is 41.6. The van der Waals surface area contributed by atoms with Crippen molar-refractivity contribution in [2.75, 3.05) is 19.8 Å². The van der Waals surface area contributed by atoms with Gasteiger partial charge in [0, 0.05) is 17.2 Å². The zero-order valence-corrected chi connectivity index (χ0v) is 26.0. The number of aryl methyl sites for hydroxylation is 1. The molecule has 0 radical (unpaired) electrons. The number of hydrogen-bond acceptors (Lipinski definition) is 9. The SMILES string of the molecule is CCOC(=O)COc1c(Br)cc(C=Nn2c(-c3cc(C(C)C)c(OCC)cc3C)nc3ccccc3c2=O)cc1[N+](=O)[O-]. The summed E-state index contributed by atoms with van der Waals surface area (Å²) in [6, 6.07) is 13.7. The maximum atomic E-state index is 13.7. The summed E-state index contributed by atoms with van der Waals surface area (Å²) in [5.41, 5.74) is 2.50. The summed E-state index contributed by atoms with van der Waals surface area (Å²) < 4.78 is 17.5. The summed E-state index contributed by atoms with van der Waals surface area (Å²) in [5.74, 6) is 0.416. The van der Waals surface area contributed by atoms with Crippen LogP contribution in [0.4, 0.5) is 5.69 Å². The number of benzene rings is 3. The number of nitro benzene ring substituents is 1. The van der Waals surface area contributed by atoms with E-state index in [9.17, 15) is 19.7 Å². The Morgan fingerprint density at radius 1 is 1.14 bits per heavy atom. The van der Waals surface area contributed by atoms with E-state index in [4.69, 9.17) is 19.2 Å². The van der Waals surface area contributed by atoms with Crippen LogP contribution in [0.1, 0.15) is 50.3 Å². The first-order valence-electron chi connectivity index (χ1n) is 13.7. The highest BCUT2D eigenvalue weighted by Gasteiger charge is 2.22. The molecule has 11 nitrogen and oxygen atoms in total. The Kier molecular flexibility index (Phi) is 9.92. The van der Waals surface area contributed by atoms with Crippen LogP contribution >= 0.6 is 15.9 Å². The van der Waals surface area contributed by atoms with Crippen molar-refractivity contribution in [3.8, 4) is 22.9 Å². The van der Waals surface area contributed by atoms with Crippen molar-refractivity contribution >= 4 is 44.7 Å². The van der Waals surface area contributed by atoms with E-state index in [1.54, 1.807) is 31.2 Å². The molecule has 0 fully saturated rings. The molecule has 224 valence electrons. The van der Waals surface area contributed by atoms with E-state index in [1.807, 2.05) is 26.0 Å². The lowest BCUT2D eigenvalue weighted by atomic mass is 9.96. The van der Waals surface area contributed by atoms with Crippen molar-refractivity contribution in [3.05, 3.63) is 90.2 Å². The van der Waals surface area contributed by atoms with E-state index in [0.29, 0.717) is 34.5 Å². The van der Waals surface area contributed by atoms with Gasteiger partial charge in [-0.25, -0.2) is 9.78 Å². The third-order valence-corrected chi connectivity index (χ3v) is 7.07. The normalized spacial score (nSPS) is 11.3. The number of halogens is 1. The smallest absolute Gasteiger partial charge is 0.344 e. The number of carbonyl (C=O) groups excluding carboxylic acids is 1. The fourth-order valence-electron chi connectivity index (χ4n) is 4.49. The predicted octanol–water partition coefficient (Wildman–Crippen LogP) is 6.39. The summed E-state index contributed by atoms with van der Waals surface area (Å²) >= 11 is 3.29. The van der Waals surface area contributed by atoms with Crippen LogP contribution in [-0.2, 0) is 9.53 Å². The standard InChI is InChI=1S/C31H31BrN4O7/c1-6-41-27-12-19(5)23(15-22(27)18(3)4)30-34-25-11-9-8-10-21(25)31(38)35(30)33-16-20-13-24(32)29(26(14-20)36(39)40)43-17-28(37)42-7-2/h8-16,18H,6-7,17H2,1-5H3. The van der Waals surface area contributed by atoms with Crippen LogP contribution in [0, 0.1) is 17.0 Å². The van der Waals surface area contributed by atoms with Gasteiger partial charge in [-0.3, -0.25) is 14.9 Å². The molecule has 0 aliphatic carbocycles. The van der Waals surface area contributed by atoms with Gasteiger partial charge in [-0.2, -0.15) is 9.78 Å². The third-order valence-electron chi connectivity index (χ3n) is 6.48. The van der Waals surface area contributed by atoms with E-state index < -0.39 is 28.7 Å². The number of ether oxygens (including phenoxy) is 3. The molecule has 4 aromatic rings. The van der Waals surface area contributed by atoms with Crippen LogP contribution in [0.3, 0.4) is 0 Å². The minimum Gasteiger partial charge on any atom is -0.494 e. The number of fused-ring (bicyclic) bond motifs is 1. The zero-order chi connectivity index (χ0) is 31.3. The summed E-state index contributed by atoms with van der Waals surface area (Å²) in [5, 5.41) is 16.7. The van der Waals surface area contributed by atoms with Gasteiger partial charge in [0.05, 0.1) is 39.7 Å². The molecular weight excluding hydrogens is 620 g/mol. The van der Waals surface area contributed by atoms with Crippen molar-refractivity contribution in [1.29, 1.82) is 0 Å². The molecule has 43 heavy (non-hydrogen) atoms. The van der Waals surface area contributed by atoms with Crippen LogP contribution in [-0.4, -0.2) is 46.6 Å². The number of hydrogen-bond donors (Lipinski definition) is 0. The Morgan fingerprint density at radius 3 is 2.56 bits per heavy atom. The topological polar surface area (TPSA) is 135 Å². The lowest BCUT2D eigenvalue weighted by Gasteiger charge is -2.18. The van der Waals surface area contributed by atoms with Crippen LogP contribution in [0.5, 0.6) is 11.5 Å². The van der Waals surface area contributed by atoms with Gasteiger partial charge in [-0.15, -0.1) is 0 Å². The Morgan fingerprint density at radius 2 is 1.88 bits per heavy atom. The largest absolute Gasteiger partial charge is 0.494 e. The number of nitro groups is 1. The van der Waals surface area contributed by atoms with Gasteiger partial charge in [0.15, 0.2) is 12.4 Å². The molecule has 0 N–H and O–H groups in total. The quantitative estimate of drug-likeness (QED) is 0.0788. The van der Waals surface area contributed by atoms with E-state index in [0.717, 1.165) is 16.9 Å². The highest BCUT2D eigenvalue weighted by atomic mass is 79.9. The second-order valence-electron chi connectivity index (χ2n) is 9.81. The van der Waals surface area contributed by atoms with Gasteiger partial charge < -0.3 is 14.2 Å². The molecule has 0 saturated heterocycles. The molecule has 0 atom stereocenters. The maximum Gasteiger partial charge on any atom is 0.344 e. The highest BCUT2D eigenvalue weighted by molar-refractivity contribution is 9.10. The predicted molar refractivity (Wildman–Crippen MR) is 167 cm³/mol. The lowest BCUT2D eigenvalue weighted by molar-refractivity contribution is -0.385. The second kappa shape index (κ2) is 13.6. The summed E-state index contributed by atoms with van der Waals surface area (Å²) in [7, 11) is 0. The first-order chi connectivity index (χ1) is 20.5. The molecule has 0 spiro atoms. The van der Waals surface area contributed by atoms with E-state index in [-0.39, 0.29) is 22.7 Å². The van der Waals surface area contributed by atoms with Crippen LogP contribution in [0.2, 0.25) is 0 Å². The number of nitrogens with zero attached hydrogens (tertiary/aromatic N) is 4. The first-order valence-corrected chi connectivity index (χ1v) is 14.4. The minimum atomic E-state index is -0.657. The lowest BCUT2D eigenvalue weighted by Crippen LogP contribution is -2.21. The Balaban J connectivity index is 1.87. The highest BCUT2D eigenvalue weighted by Crippen LogP contribution is 2.37. The minimum absolute atomic E-state index is 0.132. The molecule has 0 aliphatic heterocycles. The molecule has 1 heterocycles. The van der Waals surface area contributed by atoms with E-state index >= 15 is 0 Å². The maximum absolute atomic E-state index is 13.7. The summed E-state index contributed by atoms with van der Waals surface area (Å²) in [6.45, 7) is 9.76. The van der Waals surface area contributed by atoms with E-state index in [2.05, 4.69) is 34.9 Å². The summed E-state index contributed by atoms with van der Waals surface area (Å²) in [6.07, 6.45) is 1.33. The molecule has 3 aromatic carbocycles. The first kappa shape index (κ1) is 31.4. The fraction of sp³-hybridized carbons (Fsp3) is 0.290. The van der Waals surface area contributed by atoms with Crippen molar-refractivity contribution in [1.82, 2.24) is 9.66 Å². The molecule has 1 aromatic heterocycles. The Labute approximate surface area is 256 Å². The van der Waals surface area contributed by atoms with Gasteiger partial charge in [0.2, 0.25) is 5.75 Å². The van der Waals surface area contributed by atoms with Gasteiger partial charge >= 0.3 is 11.7 Å². The third kappa shape index (κ3) is 6.91. The Bertz CT molecular complexity index is 1780. The molecule has 0 bridgehead atoms. The van der Waals surface area contributed by atoms with Crippen molar-refractivity contribution in [2.24, 2.45) is 5.10 Å². The second-order valence-corrected chi connectivity index (χ2v) is 10.7. The van der Waals surface area contributed by atoms with Crippen LogP contribution in [0.25, 0.3) is 22.3 Å². The van der Waals surface area contributed by atoms with Crippen molar-refractivity contribution in [3.63, 3.8) is 0 Å². The van der Waals surface area contributed by atoms with Crippen molar-refractivity contribution in [2.45, 2.75) is 40.5 Å². The van der Waals surface area contributed by atoms with Crippen molar-refractivity contribution < 1.29 is 23.9 Å². The Hall–Kier alpha value is -4.58. The molecule has 4 rings (SSSR count). The van der Waals surface area contributed by atoms with Crippen LogP contribution < -0.4 is 15.0 Å². The number of carbonyl (C=O) groups is 1. The molecule has 0 amide bonds. The molecule has 12 heteroatoms. The average Bonchev–Trinajstić information content (AvgIpc) is 2.96. The van der Waals surface area contributed by atoms with Crippen LogP contribution in [0.15, 0.2) is 62.9 Å². The molecule has 0 unspecified atom stereocenters. The number of para-hydroxylation sites is 1. The average molecular weight is 652 g/mol. The molecular formula is C31H31BrN4O7. The monoisotopic (exact) mass is 650 g/mol. The number of esters is 1. The van der Waals surface area contributed by atoms with Gasteiger partial charge in [-0.1, -0.05) is 26.0 Å². The number of aromatic nitrogens is 2. The number of rotatable bonds is 11. The van der Waals surface area contributed by atoms with Gasteiger partial charge in [0.25, 0.3) is 5.56 Å². The molecule has 0 aliphatic rings. The van der Waals surface area contributed by atoms with Gasteiger partial charge in [0.1, 0.15) is 5.75 Å². The van der Waals surface area contributed by atoms with E-state index in [1.165, 1.54) is 23.0 Å².